The van der Waals surface area contributed by atoms with E-state index in [0.29, 0.717) is 12.0 Å². The van der Waals surface area contributed by atoms with Crippen LogP contribution in [0.4, 0.5) is 0 Å². The van der Waals surface area contributed by atoms with Crippen LogP contribution in [0, 0.1) is 0 Å². The van der Waals surface area contributed by atoms with E-state index in [-0.39, 0.29) is 6.10 Å². The Labute approximate surface area is 108 Å². The van der Waals surface area contributed by atoms with Gasteiger partial charge in [-0.25, -0.2) is 0 Å². The first-order valence-corrected chi connectivity index (χ1v) is 6.08. The molecule has 0 radical (unpaired) electrons. The lowest BCUT2D eigenvalue weighted by Crippen LogP contribution is -2.23. The smallest absolute Gasteiger partial charge is 0.189 e. The maximum atomic E-state index is 9.35. The predicted molar refractivity (Wildman–Crippen MR) is 71.8 cm³/mol. The van der Waals surface area contributed by atoms with Crippen LogP contribution in [0.5, 0.6) is 0 Å². The van der Waals surface area contributed by atoms with Gasteiger partial charge in [-0.15, -0.1) is 0 Å². The van der Waals surface area contributed by atoms with Crippen LogP contribution in [-0.4, -0.2) is 21.4 Å². The summed E-state index contributed by atoms with van der Waals surface area (Å²) in [6.07, 6.45) is 8.36. The second-order valence-corrected chi connectivity index (χ2v) is 4.15. The highest BCUT2D eigenvalue weighted by Crippen LogP contribution is 2.20. The lowest BCUT2D eigenvalue weighted by molar-refractivity contribution is -0.171. The van der Waals surface area contributed by atoms with Gasteiger partial charge >= 0.3 is 0 Å². The lowest BCUT2D eigenvalue weighted by atomic mass is 10.0. The summed E-state index contributed by atoms with van der Waals surface area (Å²) >= 11 is 0. The van der Waals surface area contributed by atoms with Crippen molar-refractivity contribution in [3.05, 3.63) is 60.2 Å². The topological polar surface area (TPSA) is 60.7 Å². The van der Waals surface area contributed by atoms with Crippen molar-refractivity contribution in [2.75, 3.05) is 0 Å². The summed E-state index contributed by atoms with van der Waals surface area (Å²) in [7, 11) is 0. The number of hydrogen-bond donors (Lipinski definition) is 3. The summed E-state index contributed by atoms with van der Waals surface area (Å²) in [6, 6.07) is 8.81. The van der Waals surface area contributed by atoms with Gasteiger partial charge in [-0.3, -0.25) is 0 Å². The number of rotatable bonds is 2. The van der Waals surface area contributed by atoms with Crippen LogP contribution in [0.2, 0.25) is 0 Å². The summed E-state index contributed by atoms with van der Waals surface area (Å²) < 4.78 is 0. The van der Waals surface area contributed by atoms with E-state index in [2.05, 4.69) is 0 Å². The first-order chi connectivity index (χ1) is 8.56. The lowest BCUT2D eigenvalue weighted by Gasteiger charge is -2.19. The van der Waals surface area contributed by atoms with Gasteiger partial charge in [0, 0.05) is 12.0 Å². The van der Waals surface area contributed by atoms with Crippen molar-refractivity contribution in [3.8, 4) is 0 Å². The molecule has 1 aromatic rings. The maximum Gasteiger partial charge on any atom is 0.189 e. The molecule has 3 nitrogen and oxygen atoms in total. The number of aliphatic hydroxyl groups is 3. The van der Waals surface area contributed by atoms with Gasteiger partial charge in [0.15, 0.2) is 5.79 Å². The van der Waals surface area contributed by atoms with Crippen LogP contribution in [-0.2, 0) is 5.79 Å². The molecular weight excluding hydrogens is 228 g/mol. The van der Waals surface area contributed by atoms with Crippen molar-refractivity contribution in [1.29, 1.82) is 0 Å². The molecule has 0 bridgehead atoms. The molecule has 1 aromatic carbocycles. The van der Waals surface area contributed by atoms with Crippen molar-refractivity contribution in [2.24, 2.45) is 0 Å². The summed E-state index contributed by atoms with van der Waals surface area (Å²) in [5.41, 5.74) is 0.544. The zero-order valence-corrected chi connectivity index (χ0v) is 10.5. The number of allylic oxidation sites excluding steroid dienone is 2. The Morgan fingerprint density at radius 3 is 2.22 bits per heavy atom. The van der Waals surface area contributed by atoms with Crippen LogP contribution in [0.3, 0.4) is 0 Å². The molecule has 3 heteroatoms. The summed E-state index contributed by atoms with van der Waals surface area (Å²) in [4.78, 5) is 0. The fourth-order valence-corrected chi connectivity index (χ4v) is 1.48. The molecule has 0 heterocycles. The van der Waals surface area contributed by atoms with Crippen molar-refractivity contribution < 1.29 is 15.3 Å². The van der Waals surface area contributed by atoms with Gasteiger partial charge in [-0.1, -0.05) is 61.6 Å². The summed E-state index contributed by atoms with van der Waals surface area (Å²) in [6.45, 7) is 1.73. The predicted octanol–water partition coefficient (Wildman–Crippen LogP) is 2.10. The zero-order chi connectivity index (χ0) is 13.4. The molecule has 1 aliphatic rings. The van der Waals surface area contributed by atoms with Crippen LogP contribution >= 0.6 is 0 Å². The van der Waals surface area contributed by atoms with Gasteiger partial charge in [-0.2, -0.15) is 0 Å². The first-order valence-electron chi connectivity index (χ1n) is 6.08. The Bertz CT molecular complexity index is 393. The molecule has 98 valence electrons. The van der Waals surface area contributed by atoms with Crippen molar-refractivity contribution in [3.63, 3.8) is 0 Å². The van der Waals surface area contributed by atoms with Gasteiger partial charge < -0.3 is 15.3 Å². The van der Waals surface area contributed by atoms with E-state index in [4.69, 9.17) is 5.11 Å². The minimum absolute atomic E-state index is 0.231. The van der Waals surface area contributed by atoms with E-state index >= 15 is 0 Å². The maximum absolute atomic E-state index is 9.35. The average Bonchev–Trinajstić information content (AvgIpc) is 2.41. The van der Waals surface area contributed by atoms with Crippen LogP contribution in [0.25, 0.3) is 0 Å². The first kappa shape index (κ1) is 14.6. The molecule has 0 saturated heterocycles. The fourth-order valence-electron chi connectivity index (χ4n) is 1.48. The molecule has 0 fully saturated rings. The van der Waals surface area contributed by atoms with Crippen molar-refractivity contribution >= 4 is 0 Å². The Morgan fingerprint density at radius 2 is 1.83 bits per heavy atom. The highest BCUT2D eigenvalue weighted by Gasteiger charge is 2.21. The summed E-state index contributed by atoms with van der Waals surface area (Å²) in [5, 5.41) is 27.5. The Balaban J connectivity index is 0.000000199. The van der Waals surface area contributed by atoms with E-state index in [0.717, 1.165) is 6.42 Å². The van der Waals surface area contributed by atoms with E-state index in [1.165, 1.54) is 0 Å². The normalized spacial score (nSPS) is 18.1. The van der Waals surface area contributed by atoms with E-state index < -0.39 is 5.79 Å². The van der Waals surface area contributed by atoms with E-state index in [1.807, 2.05) is 24.3 Å². The van der Waals surface area contributed by atoms with Gasteiger partial charge in [0.2, 0.25) is 0 Å². The van der Waals surface area contributed by atoms with Gasteiger partial charge in [0.25, 0.3) is 0 Å². The molecule has 1 unspecified atom stereocenters. The zero-order valence-electron chi connectivity index (χ0n) is 10.5. The third-order valence-electron chi connectivity index (χ3n) is 2.69. The van der Waals surface area contributed by atoms with Crippen LogP contribution in [0.1, 0.15) is 25.3 Å². The molecule has 1 atom stereocenters. The molecule has 0 spiro atoms. The fraction of sp³-hybridized carbons (Fsp3) is 0.333. The Morgan fingerprint density at radius 1 is 1.17 bits per heavy atom. The Kier molecular flexibility index (Phi) is 5.78. The molecule has 18 heavy (non-hydrogen) atoms. The molecular formula is C15H20O3. The van der Waals surface area contributed by atoms with Gasteiger partial charge in [-0.05, 0) is 6.42 Å². The molecule has 0 aromatic heterocycles. The van der Waals surface area contributed by atoms with Crippen LogP contribution < -0.4 is 0 Å². The molecule has 1 aliphatic carbocycles. The number of aliphatic hydroxyl groups excluding tert-OH is 1. The highest BCUT2D eigenvalue weighted by atomic mass is 16.5. The number of hydrogen-bond acceptors (Lipinski definition) is 3. The standard InChI is InChI=1S/C9H12O2.C6H8O/c1-2-9(10,11)8-6-4-3-5-7-8;7-6-4-2-1-3-5-6/h3-7,10-11H,2H2,1H3;1-4,6-7H,5H2. The molecule has 3 N–H and O–H groups in total. The van der Waals surface area contributed by atoms with Crippen molar-refractivity contribution in [2.45, 2.75) is 31.7 Å². The molecule has 2 rings (SSSR count). The summed E-state index contributed by atoms with van der Waals surface area (Å²) in [5.74, 6) is -1.67. The van der Waals surface area contributed by atoms with Crippen LogP contribution in [0.15, 0.2) is 54.6 Å². The molecule has 0 aliphatic heterocycles. The number of benzene rings is 1. The quantitative estimate of drug-likeness (QED) is 0.702. The minimum atomic E-state index is -1.67. The van der Waals surface area contributed by atoms with Gasteiger partial charge in [0.05, 0.1) is 6.10 Å². The second-order valence-electron chi connectivity index (χ2n) is 4.15. The monoisotopic (exact) mass is 248 g/mol. The van der Waals surface area contributed by atoms with E-state index in [9.17, 15) is 10.2 Å². The highest BCUT2D eigenvalue weighted by molar-refractivity contribution is 5.19. The third kappa shape index (κ3) is 4.84. The van der Waals surface area contributed by atoms with Crippen molar-refractivity contribution in [1.82, 2.24) is 0 Å². The van der Waals surface area contributed by atoms with E-state index in [1.54, 1.807) is 37.3 Å². The largest absolute Gasteiger partial charge is 0.389 e. The van der Waals surface area contributed by atoms with Gasteiger partial charge in [0.1, 0.15) is 0 Å². The Hall–Kier alpha value is -1.42. The minimum Gasteiger partial charge on any atom is -0.389 e. The molecule has 0 amide bonds. The average molecular weight is 248 g/mol. The second kappa shape index (κ2) is 7.11. The molecule has 0 saturated carbocycles. The SMILES string of the molecule is CCC(O)(O)c1ccccc1.OC1C=CC=CC1. The third-order valence-corrected chi connectivity index (χ3v) is 2.69.